The Morgan fingerprint density at radius 3 is 1.87 bits per heavy atom. The van der Waals surface area contributed by atoms with Gasteiger partial charge in [-0.25, -0.2) is 0 Å². The smallest absolute Gasteiger partial charge is 0.135 e. The number of nitrogens with zero attached hydrogens (tertiary/aromatic N) is 1. The number of para-hydroxylation sites is 1. The lowest BCUT2D eigenvalue weighted by Crippen LogP contribution is -2.09. The lowest BCUT2D eigenvalue weighted by atomic mass is 10.0. The van der Waals surface area contributed by atoms with E-state index in [1.165, 1.54) is 15.6 Å². The zero-order valence-corrected chi connectivity index (χ0v) is 17.5. The predicted octanol–water partition coefficient (Wildman–Crippen LogP) is 7.11. The number of fused-ring (bicyclic) bond motifs is 1. The summed E-state index contributed by atoms with van der Waals surface area (Å²) in [6.07, 6.45) is 8.56. The molecule has 0 bridgehead atoms. The molecule has 146 valence electrons. The van der Waals surface area contributed by atoms with E-state index in [1.54, 1.807) is 11.8 Å². The Bertz CT molecular complexity index is 1130. The molecule has 2 heterocycles. The van der Waals surface area contributed by atoms with Gasteiger partial charge in [-0.2, -0.15) is 0 Å². The third-order valence-corrected chi connectivity index (χ3v) is 6.31. The van der Waals surface area contributed by atoms with Crippen molar-refractivity contribution >= 4 is 29.0 Å². The van der Waals surface area contributed by atoms with Gasteiger partial charge in [0.15, 0.2) is 0 Å². The minimum absolute atomic E-state index is 0.859. The average molecular weight is 408 g/mol. The number of benzene rings is 3. The predicted molar refractivity (Wildman–Crippen MR) is 127 cm³/mol. The second-order valence-electron chi connectivity index (χ2n) is 7.15. The highest BCUT2D eigenvalue weighted by molar-refractivity contribution is 8.03. The van der Waals surface area contributed by atoms with Crippen LogP contribution in [-0.4, -0.2) is 7.05 Å². The number of ether oxygens (including phenoxy) is 1. The van der Waals surface area contributed by atoms with Crippen molar-refractivity contribution in [1.82, 2.24) is 0 Å². The van der Waals surface area contributed by atoms with Crippen molar-refractivity contribution in [2.75, 3.05) is 11.9 Å². The van der Waals surface area contributed by atoms with E-state index in [-0.39, 0.29) is 0 Å². The minimum Gasteiger partial charge on any atom is -0.456 e. The van der Waals surface area contributed by atoms with Crippen LogP contribution in [0, 0.1) is 0 Å². The maximum absolute atomic E-state index is 6.28. The van der Waals surface area contributed by atoms with Gasteiger partial charge in [-0.15, -0.1) is 0 Å². The zero-order valence-electron chi connectivity index (χ0n) is 16.7. The van der Waals surface area contributed by atoms with E-state index in [0.29, 0.717) is 0 Å². The van der Waals surface area contributed by atoms with Crippen LogP contribution in [0.1, 0.15) is 11.1 Å². The van der Waals surface area contributed by atoms with Crippen molar-refractivity contribution in [3.63, 3.8) is 0 Å². The molecule has 0 aliphatic carbocycles. The average Bonchev–Trinajstić information content (AvgIpc) is 3.14. The van der Waals surface area contributed by atoms with Gasteiger partial charge < -0.3 is 9.64 Å². The first kappa shape index (κ1) is 18.6. The number of thioether (sulfide) groups is 1. The van der Waals surface area contributed by atoms with Crippen LogP contribution in [0.3, 0.4) is 0 Å². The van der Waals surface area contributed by atoms with Crippen molar-refractivity contribution in [2.45, 2.75) is 4.90 Å². The van der Waals surface area contributed by atoms with Gasteiger partial charge in [-0.05, 0) is 35.9 Å². The van der Waals surface area contributed by atoms with Crippen LogP contribution >= 0.6 is 11.8 Å². The highest BCUT2D eigenvalue weighted by atomic mass is 32.2. The molecular formula is C27H21NOS. The molecule has 0 spiro atoms. The van der Waals surface area contributed by atoms with Gasteiger partial charge in [0.2, 0.25) is 0 Å². The quantitative estimate of drug-likeness (QED) is 0.459. The van der Waals surface area contributed by atoms with Crippen molar-refractivity contribution < 1.29 is 4.74 Å². The van der Waals surface area contributed by atoms with Crippen molar-refractivity contribution in [3.8, 4) is 0 Å². The number of anilines is 1. The fourth-order valence-corrected chi connectivity index (χ4v) is 4.59. The van der Waals surface area contributed by atoms with Crippen LogP contribution < -0.4 is 4.90 Å². The maximum Gasteiger partial charge on any atom is 0.135 e. The van der Waals surface area contributed by atoms with Gasteiger partial charge in [0.05, 0.1) is 10.7 Å². The summed E-state index contributed by atoms with van der Waals surface area (Å²) in [7, 11) is 2.11. The number of hydrogen-bond acceptors (Lipinski definition) is 3. The SMILES string of the molecule is CN1C(=CC=C2C=C(c3ccccc3)OC(c3ccccc3)=C2)Sc2ccccc21. The fraction of sp³-hybridized carbons (Fsp3) is 0.0370. The fourth-order valence-electron chi connectivity index (χ4n) is 3.54. The Morgan fingerprint density at radius 2 is 1.27 bits per heavy atom. The van der Waals surface area contributed by atoms with E-state index >= 15 is 0 Å². The molecule has 0 fully saturated rings. The third-order valence-electron chi connectivity index (χ3n) is 5.12. The van der Waals surface area contributed by atoms with E-state index in [1.807, 2.05) is 36.4 Å². The summed E-state index contributed by atoms with van der Waals surface area (Å²) < 4.78 is 6.28. The van der Waals surface area contributed by atoms with Crippen LogP contribution in [0.2, 0.25) is 0 Å². The highest BCUT2D eigenvalue weighted by Crippen LogP contribution is 2.44. The Balaban J connectivity index is 1.52. The largest absolute Gasteiger partial charge is 0.456 e. The van der Waals surface area contributed by atoms with E-state index in [0.717, 1.165) is 28.2 Å². The first-order chi connectivity index (χ1) is 14.8. The highest BCUT2D eigenvalue weighted by Gasteiger charge is 2.21. The van der Waals surface area contributed by atoms with Gasteiger partial charge in [-0.3, -0.25) is 0 Å². The number of allylic oxidation sites excluding steroid dienone is 5. The molecule has 0 saturated carbocycles. The topological polar surface area (TPSA) is 12.5 Å². The molecule has 2 aliphatic rings. The normalized spacial score (nSPS) is 16.6. The Kier molecular flexibility index (Phi) is 5.04. The molecule has 2 aliphatic heterocycles. The second-order valence-corrected chi connectivity index (χ2v) is 8.21. The van der Waals surface area contributed by atoms with Crippen LogP contribution in [0.15, 0.2) is 125 Å². The molecule has 30 heavy (non-hydrogen) atoms. The first-order valence-corrected chi connectivity index (χ1v) is 10.7. The molecule has 0 radical (unpaired) electrons. The van der Waals surface area contributed by atoms with Crippen LogP contribution in [-0.2, 0) is 4.74 Å². The summed E-state index contributed by atoms with van der Waals surface area (Å²) in [6, 6.07) is 29.0. The van der Waals surface area contributed by atoms with Gasteiger partial charge in [0.1, 0.15) is 11.5 Å². The second kappa shape index (κ2) is 8.13. The molecule has 3 aromatic rings. The van der Waals surface area contributed by atoms with Gasteiger partial charge in [0, 0.05) is 23.1 Å². The number of hydrogen-bond donors (Lipinski definition) is 0. The molecule has 0 saturated heterocycles. The Hall–Kier alpha value is -3.43. The van der Waals surface area contributed by atoms with Crippen LogP contribution in [0.5, 0.6) is 0 Å². The molecule has 0 aromatic heterocycles. The minimum atomic E-state index is 0.859. The molecule has 2 nitrogen and oxygen atoms in total. The summed E-state index contributed by atoms with van der Waals surface area (Å²) in [5.41, 5.74) is 4.49. The van der Waals surface area contributed by atoms with E-state index in [9.17, 15) is 0 Å². The van der Waals surface area contributed by atoms with Crippen LogP contribution in [0.4, 0.5) is 5.69 Å². The Morgan fingerprint density at radius 1 is 0.700 bits per heavy atom. The van der Waals surface area contributed by atoms with E-state index in [4.69, 9.17) is 4.74 Å². The lowest BCUT2D eigenvalue weighted by Gasteiger charge is -2.19. The summed E-state index contributed by atoms with van der Waals surface area (Å²) >= 11 is 1.80. The molecular weight excluding hydrogens is 386 g/mol. The first-order valence-electron chi connectivity index (χ1n) is 9.93. The van der Waals surface area contributed by atoms with Crippen molar-refractivity contribution in [2.24, 2.45) is 0 Å². The molecule has 3 aromatic carbocycles. The van der Waals surface area contributed by atoms with Gasteiger partial charge >= 0.3 is 0 Å². The van der Waals surface area contributed by atoms with E-state index < -0.39 is 0 Å². The standard InChI is InChI=1S/C27H21NOS/c1-28-23-14-8-9-15-26(23)30-27(28)17-16-20-18-24(21-10-4-2-5-11-21)29-25(19-20)22-12-6-3-7-13-22/h2-19H,1H3. The lowest BCUT2D eigenvalue weighted by molar-refractivity contribution is 0.467. The molecule has 0 amide bonds. The monoisotopic (exact) mass is 407 g/mol. The number of rotatable bonds is 3. The summed E-state index contributed by atoms with van der Waals surface area (Å²) in [5, 5.41) is 1.21. The summed E-state index contributed by atoms with van der Waals surface area (Å²) in [5.74, 6) is 1.72. The molecule has 5 rings (SSSR count). The molecule has 0 atom stereocenters. The zero-order chi connectivity index (χ0) is 20.3. The summed E-state index contributed by atoms with van der Waals surface area (Å²) in [4.78, 5) is 3.53. The molecule has 0 N–H and O–H groups in total. The maximum atomic E-state index is 6.28. The van der Waals surface area contributed by atoms with Gasteiger partial charge in [-0.1, -0.05) is 90.6 Å². The van der Waals surface area contributed by atoms with E-state index in [2.05, 4.69) is 84.8 Å². The van der Waals surface area contributed by atoms with Crippen LogP contribution in [0.25, 0.3) is 11.5 Å². The molecule has 3 heteroatoms. The third kappa shape index (κ3) is 3.72. The Labute approximate surface area is 181 Å². The van der Waals surface area contributed by atoms with Gasteiger partial charge in [0.25, 0.3) is 0 Å². The molecule has 0 unspecified atom stereocenters. The summed E-state index contributed by atoms with van der Waals surface area (Å²) in [6.45, 7) is 0. The van der Waals surface area contributed by atoms with Crippen molar-refractivity contribution in [1.29, 1.82) is 0 Å². The van der Waals surface area contributed by atoms with Crippen molar-refractivity contribution in [3.05, 3.63) is 131 Å².